The van der Waals surface area contributed by atoms with Crippen molar-refractivity contribution in [2.45, 2.75) is 18.6 Å². The van der Waals surface area contributed by atoms with E-state index in [1.165, 1.54) is 0 Å². The van der Waals surface area contributed by atoms with Crippen molar-refractivity contribution in [1.82, 2.24) is 20.4 Å². The van der Waals surface area contributed by atoms with Gasteiger partial charge in [-0.15, -0.1) is 24.0 Å². The number of hydrogen-bond acceptors (Lipinski definition) is 3. The summed E-state index contributed by atoms with van der Waals surface area (Å²) in [7, 11) is 5.68. The van der Waals surface area contributed by atoms with Gasteiger partial charge in [0.15, 0.2) is 5.96 Å². The van der Waals surface area contributed by atoms with Crippen molar-refractivity contribution in [3.8, 4) is 0 Å². The molecular formula is C12H25F3IN5. The summed E-state index contributed by atoms with van der Waals surface area (Å²) in [5.74, 6) is 0.413. The Balaban J connectivity index is 0.00000400. The van der Waals surface area contributed by atoms with Crippen molar-refractivity contribution in [3.05, 3.63) is 0 Å². The molecule has 126 valence electrons. The molecule has 1 unspecified atom stereocenters. The number of guanidine groups is 1. The van der Waals surface area contributed by atoms with Gasteiger partial charge in [-0.3, -0.25) is 9.89 Å². The van der Waals surface area contributed by atoms with Crippen molar-refractivity contribution in [2.24, 2.45) is 4.99 Å². The Hall–Kier alpha value is -0.290. The molecule has 0 saturated carbocycles. The van der Waals surface area contributed by atoms with Crippen molar-refractivity contribution in [3.63, 3.8) is 0 Å². The Morgan fingerprint density at radius 2 is 1.90 bits per heavy atom. The second-order valence-electron chi connectivity index (χ2n) is 5.14. The van der Waals surface area contributed by atoms with Gasteiger partial charge in [-0.25, -0.2) is 0 Å². The molecule has 0 spiro atoms. The van der Waals surface area contributed by atoms with E-state index in [9.17, 15) is 13.2 Å². The smallest absolute Gasteiger partial charge is 0.356 e. The lowest BCUT2D eigenvalue weighted by molar-refractivity contribution is -0.132. The summed E-state index contributed by atoms with van der Waals surface area (Å²) in [6.07, 6.45) is -5.00. The van der Waals surface area contributed by atoms with Crippen LogP contribution in [0.5, 0.6) is 0 Å². The standard InChI is InChI=1S/C12H24F3N5.HI/c1-16-11(17-5-4-12(13,14)15)18-8-10-9-19(2)6-7-20(10)3;/h10H,4-9H2,1-3H3,(H2,16,17,18);1H. The molecule has 1 rings (SSSR count). The van der Waals surface area contributed by atoms with E-state index in [4.69, 9.17) is 0 Å². The van der Waals surface area contributed by atoms with Gasteiger partial charge in [0.2, 0.25) is 0 Å². The lowest BCUT2D eigenvalue weighted by Gasteiger charge is -2.37. The maximum absolute atomic E-state index is 12.1. The largest absolute Gasteiger partial charge is 0.390 e. The molecule has 0 radical (unpaired) electrons. The van der Waals surface area contributed by atoms with E-state index in [1.807, 2.05) is 0 Å². The average Bonchev–Trinajstić information content (AvgIpc) is 2.36. The fraction of sp³-hybridized carbons (Fsp3) is 0.917. The minimum Gasteiger partial charge on any atom is -0.356 e. The molecule has 0 bridgehead atoms. The van der Waals surface area contributed by atoms with Crippen LogP contribution in [-0.2, 0) is 0 Å². The highest BCUT2D eigenvalue weighted by atomic mass is 127. The van der Waals surface area contributed by atoms with Gasteiger partial charge in [0, 0.05) is 45.8 Å². The van der Waals surface area contributed by atoms with E-state index < -0.39 is 12.6 Å². The number of halogens is 4. The van der Waals surface area contributed by atoms with Crippen LogP contribution in [-0.4, -0.2) is 81.8 Å². The summed E-state index contributed by atoms with van der Waals surface area (Å²) >= 11 is 0. The zero-order valence-electron chi connectivity index (χ0n) is 12.7. The van der Waals surface area contributed by atoms with Crippen LogP contribution < -0.4 is 10.6 Å². The number of nitrogens with one attached hydrogen (secondary N) is 2. The molecule has 0 aliphatic carbocycles. The maximum Gasteiger partial charge on any atom is 0.390 e. The van der Waals surface area contributed by atoms with E-state index >= 15 is 0 Å². The minimum absolute atomic E-state index is 0. The van der Waals surface area contributed by atoms with E-state index in [-0.39, 0.29) is 30.5 Å². The van der Waals surface area contributed by atoms with Crippen LogP contribution in [0.3, 0.4) is 0 Å². The van der Waals surface area contributed by atoms with Gasteiger partial charge in [-0.05, 0) is 14.1 Å². The second-order valence-corrected chi connectivity index (χ2v) is 5.14. The first kappa shape index (κ1) is 20.7. The number of aliphatic imine (C=N–C) groups is 1. The molecule has 0 aromatic rings. The highest BCUT2D eigenvalue weighted by Crippen LogP contribution is 2.18. The van der Waals surface area contributed by atoms with Crippen LogP contribution in [0.25, 0.3) is 0 Å². The first-order valence-electron chi connectivity index (χ1n) is 6.72. The van der Waals surface area contributed by atoms with Gasteiger partial charge in [-0.2, -0.15) is 13.2 Å². The number of likely N-dealkylation sites (N-methyl/N-ethyl adjacent to an activating group) is 2. The number of piperazine rings is 1. The van der Waals surface area contributed by atoms with Crippen molar-refractivity contribution < 1.29 is 13.2 Å². The molecule has 1 aliphatic rings. The quantitative estimate of drug-likeness (QED) is 0.402. The van der Waals surface area contributed by atoms with Crippen LogP contribution in [0.1, 0.15) is 6.42 Å². The molecule has 1 atom stereocenters. The lowest BCUT2D eigenvalue weighted by atomic mass is 10.2. The lowest BCUT2D eigenvalue weighted by Crippen LogP contribution is -2.55. The molecule has 1 heterocycles. The van der Waals surface area contributed by atoms with Crippen LogP contribution in [0.2, 0.25) is 0 Å². The Kier molecular flexibility index (Phi) is 9.54. The molecule has 2 N–H and O–H groups in total. The zero-order valence-corrected chi connectivity index (χ0v) is 15.0. The minimum atomic E-state index is -4.14. The number of nitrogens with zero attached hydrogens (tertiary/aromatic N) is 3. The first-order valence-corrected chi connectivity index (χ1v) is 6.72. The van der Waals surface area contributed by atoms with Gasteiger partial charge < -0.3 is 15.5 Å². The highest BCUT2D eigenvalue weighted by molar-refractivity contribution is 14.0. The fourth-order valence-electron chi connectivity index (χ4n) is 2.08. The van der Waals surface area contributed by atoms with E-state index in [0.717, 1.165) is 19.6 Å². The molecule has 0 aromatic carbocycles. The highest BCUT2D eigenvalue weighted by Gasteiger charge is 2.26. The zero-order chi connectivity index (χ0) is 15.2. The summed E-state index contributed by atoms with van der Waals surface area (Å²) in [6, 6.07) is 0.329. The van der Waals surface area contributed by atoms with Gasteiger partial charge >= 0.3 is 6.18 Å². The molecule has 5 nitrogen and oxygen atoms in total. The SMILES string of the molecule is CN=C(NCCC(F)(F)F)NCC1CN(C)CCN1C.I. The summed E-state index contributed by atoms with van der Waals surface area (Å²) < 4.78 is 36.2. The molecule has 1 saturated heterocycles. The summed E-state index contributed by atoms with van der Waals surface area (Å²) in [5.41, 5.74) is 0. The molecule has 1 fully saturated rings. The third-order valence-electron chi connectivity index (χ3n) is 3.41. The number of alkyl halides is 3. The van der Waals surface area contributed by atoms with Crippen molar-refractivity contribution in [2.75, 3.05) is 53.9 Å². The first-order chi connectivity index (χ1) is 9.31. The molecule has 0 aromatic heterocycles. The Morgan fingerprint density at radius 3 is 2.48 bits per heavy atom. The van der Waals surface area contributed by atoms with Gasteiger partial charge in [0.25, 0.3) is 0 Å². The summed E-state index contributed by atoms with van der Waals surface area (Å²) in [4.78, 5) is 8.42. The second kappa shape index (κ2) is 9.67. The van der Waals surface area contributed by atoms with Gasteiger partial charge in [0.05, 0.1) is 6.42 Å². The predicted octanol–water partition coefficient (Wildman–Crippen LogP) is 0.968. The van der Waals surface area contributed by atoms with Gasteiger partial charge in [-0.1, -0.05) is 0 Å². The molecular weight excluding hydrogens is 398 g/mol. The Bertz CT molecular complexity index is 325. The van der Waals surface area contributed by atoms with Crippen molar-refractivity contribution >= 4 is 29.9 Å². The van der Waals surface area contributed by atoms with E-state index in [1.54, 1.807) is 7.05 Å². The average molecular weight is 423 g/mol. The van der Waals surface area contributed by atoms with Crippen LogP contribution in [0.15, 0.2) is 4.99 Å². The van der Waals surface area contributed by atoms with Crippen LogP contribution >= 0.6 is 24.0 Å². The topological polar surface area (TPSA) is 42.9 Å². The molecule has 9 heteroatoms. The predicted molar refractivity (Wildman–Crippen MR) is 89.4 cm³/mol. The van der Waals surface area contributed by atoms with Crippen molar-refractivity contribution in [1.29, 1.82) is 0 Å². The third-order valence-corrected chi connectivity index (χ3v) is 3.41. The van der Waals surface area contributed by atoms with Crippen LogP contribution in [0, 0.1) is 0 Å². The van der Waals surface area contributed by atoms with E-state index in [0.29, 0.717) is 18.5 Å². The fourth-order valence-corrected chi connectivity index (χ4v) is 2.08. The van der Waals surface area contributed by atoms with Crippen LogP contribution in [0.4, 0.5) is 13.2 Å². The third kappa shape index (κ3) is 8.67. The molecule has 21 heavy (non-hydrogen) atoms. The van der Waals surface area contributed by atoms with E-state index in [2.05, 4.69) is 39.5 Å². The normalized spacial score (nSPS) is 21.8. The van der Waals surface area contributed by atoms with Gasteiger partial charge in [0.1, 0.15) is 0 Å². The molecule has 1 aliphatic heterocycles. The molecule has 0 amide bonds. The Labute approximate surface area is 141 Å². The summed E-state index contributed by atoms with van der Waals surface area (Å²) in [6.45, 7) is 3.45. The summed E-state index contributed by atoms with van der Waals surface area (Å²) in [5, 5.41) is 5.76. The maximum atomic E-state index is 12.1. The number of hydrogen-bond donors (Lipinski definition) is 2. The Morgan fingerprint density at radius 1 is 1.24 bits per heavy atom. The number of rotatable bonds is 4. The monoisotopic (exact) mass is 423 g/mol.